The zero-order valence-electron chi connectivity index (χ0n) is 18.0. The molecule has 1 aliphatic rings. The number of aromatic hydroxyl groups is 1. The number of hydrogen-bond donors (Lipinski definition) is 3. The number of aliphatic carboxylic acids is 2. The highest BCUT2D eigenvalue weighted by Crippen LogP contribution is 2.37. The first kappa shape index (κ1) is 24.9. The van der Waals surface area contributed by atoms with Crippen molar-refractivity contribution in [3.63, 3.8) is 0 Å². The Morgan fingerprint density at radius 3 is 1.81 bits per heavy atom. The average molecular weight is 450 g/mol. The summed E-state index contributed by atoms with van der Waals surface area (Å²) in [6.07, 6.45) is 0. The fourth-order valence-electron chi connectivity index (χ4n) is 3.27. The lowest BCUT2D eigenvalue weighted by atomic mass is 10.1. The van der Waals surface area contributed by atoms with Crippen LogP contribution in [0.5, 0.6) is 17.2 Å². The molecule has 1 fully saturated rings. The number of carboxylic acid groups (broad SMARTS) is 2. The molecular weight excluding hydrogens is 423 g/mol. The average Bonchev–Trinajstić information content (AvgIpc) is 2.78. The van der Waals surface area contributed by atoms with E-state index in [0.717, 1.165) is 43.9 Å². The third-order valence-corrected chi connectivity index (χ3v) is 4.95. The molecule has 174 valence electrons. The number of phenols is 1. The largest absolute Gasteiger partial charge is 0.502 e. The monoisotopic (exact) mass is 450 g/mol. The van der Waals surface area contributed by atoms with Crippen molar-refractivity contribution in [3.8, 4) is 17.2 Å². The number of benzene rings is 2. The number of methoxy groups -OCH3 is 2. The third kappa shape index (κ3) is 7.10. The van der Waals surface area contributed by atoms with E-state index >= 15 is 0 Å². The van der Waals surface area contributed by atoms with Crippen molar-refractivity contribution in [1.29, 1.82) is 0 Å². The Morgan fingerprint density at radius 1 is 0.906 bits per heavy atom. The number of ether oxygens (including phenoxy) is 2. The predicted octanol–water partition coefficient (Wildman–Crippen LogP) is 2.02. The molecule has 32 heavy (non-hydrogen) atoms. The molecule has 0 aliphatic carbocycles. The molecule has 3 rings (SSSR count). The van der Waals surface area contributed by atoms with Gasteiger partial charge in [-0.25, -0.2) is 14.0 Å². The van der Waals surface area contributed by atoms with Crippen molar-refractivity contribution in [2.24, 2.45) is 0 Å². The zero-order valence-corrected chi connectivity index (χ0v) is 18.0. The highest BCUT2D eigenvalue weighted by Gasteiger charge is 2.19. The fraction of sp³-hybridized carbons (Fsp3) is 0.364. The Hall–Kier alpha value is -3.37. The van der Waals surface area contributed by atoms with Gasteiger partial charge in [0.2, 0.25) is 5.75 Å². The van der Waals surface area contributed by atoms with Gasteiger partial charge in [-0.3, -0.25) is 9.80 Å². The van der Waals surface area contributed by atoms with E-state index in [1.54, 1.807) is 6.07 Å². The molecule has 1 aliphatic heterocycles. The van der Waals surface area contributed by atoms with Gasteiger partial charge in [-0.2, -0.15) is 0 Å². The number of carbonyl (C=O) groups is 2. The summed E-state index contributed by atoms with van der Waals surface area (Å²) in [5.41, 5.74) is 1.77. The van der Waals surface area contributed by atoms with E-state index in [0.29, 0.717) is 18.0 Å². The number of halogens is 1. The highest BCUT2D eigenvalue weighted by molar-refractivity contribution is 6.27. The van der Waals surface area contributed by atoms with Gasteiger partial charge in [-0.05, 0) is 23.8 Å². The Balaban J connectivity index is 0.000000534. The number of nitrogens with zero attached hydrogens (tertiary/aromatic N) is 2. The third-order valence-electron chi connectivity index (χ3n) is 4.95. The van der Waals surface area contributed by atoms with Gasteiger partial charge in [0.05, 0.1) is 14.2 Å². The summed E-state index contributed by atoms with van der Waals surface area (Å²) in [7, 11) is 3.06. The highest BCUT2D eigenvalue weighted by atomic mass is 19.1. The molecule has 0 atom stereocenters. The molecule has 10 heteroatoms. The van der Waals surface area contributed by atoms with E-state index in [1.165, 1.54) is 20.3 Å². The number of hydrogen-bond acceptors (Lipinski definition) is 7. The molecule has 0 saturated carbocycles. The first-order chi connectivity index (χ1) is 15.2. The van der Waals surface area contributed by atoms with Crippen molar-refractivity contribution in [2.45, 2.75) is 13.1 Å². The topological polar surface area (TPSA) is 120 Å². The van der Waals surface area contributed by atoms with E-state index in [2.05, 4.69) is 9.80 Å². The molecule has 0 amide bonds. The lowest BCUT2D eigenvalue weighted by Gasteiger charge is -2.34. The van der Waals surface area contributed by atoms with E-state index < -0.39 is 11.9 Å². The minimum Gasteiger partial charge on any atom is -0.502 e. The molecule has 2 aromatic carbocycles. The molecule has 0 spiro atoms. The standard InChI is InChI=1S/C20H25FN2O3.C2H2O4/c1-25-18-11-15(12-19(26-2)20(18)24)13-22-7-9-23(10-8-22)14-16-5-3-4-6-17(16)21;3-1(4)2(5)6/h3-6,11-12,24H,7-10,13-14H2,1-2H3;(H,3,4)(H,5,6). The van der Waals surface area contributed by atoms with Gasteiger partial charge < -0.3 is 24.8 Å². The maximum absolute atomic E-state index is 13.8. The Bertz CT molecular complexity index is 893. The van der Waals surface area contributed by atoms with E-state index in [-0.39, 0.29) is 11.6 Å². The van der Waals surface area contributed by atoms with Crippen molar-refractivity contribution in [3.05, 3.63) is 53.3 Å². The van der Waals surface area contributed by atoms with Gasteiger partial charge in [0.15, 0.2) is 11.5 Å². The maximum atomic E-state index is 13.8. The minimum atomic E-state index is -1.82. The number of piperazine rings is 1. The Kier molecular flexibility index (Phi) is 9.23. The maximum Gasteiger partial charge on any atom is 0.414 e. The lowest BCUT2D eigenvalue weighted by Crippen LogP contribution is -2.45. The zero-order chi connectivity index (χ0) is 23.7. The summed E-state index contributed by atoms with van der Waals surface area (Å²) < 4.78 is 24.2. The molecule has 2 aromatic rings. The van der Waals surface area contributed by atoms with Crippen LogP contribution in [0.4, 0.5) is 4.39 Å². The van der Waals surface area contributed by atoms with Crippen LogP contribution in [0, 0.1) is 5.82 Å². The van der Waals surface area contributed by atoms with Gasteiger partial charge in [-0.1, -0.05) is 18.2 Å². The summed E-state index contributed by atoms with van der Waals surface area (Å²) in [6, 6.07) is 10.6. The first-order valence-corrected chi connectivity index (χ1v) is 9.83. The van der Waals surface area contributed by atoms with Crippen LogP contribution >= 0.6 is 0 Å². The summed E-state index contributed by atoms with van der Waals surface area (Å²) >= 11 is 0. The van der Waals surface area contributed by atoms with Crippen LogP contribution < -0.4 is 9.47 Å². The second-order valence-electron chi connectivity index (χ2n) is 7.10. The van der Waals surface area contributed by atoms with Crippen molar-refractivity contribution >= 4 is 11.9 Å². The summed E-state index contributed by atoms with van der Waals surface area (Å²) in [5.74, 6) is -2.94. The molecule has 0 bridgehead atoms. The smallest absolute Gasteiger partial charge is 0.414 e. The fourth-order valence-corrected chi connectivity index (χ4v) is 3.27. The molecule has 9 nitrogen and oxygen atoms in total. The minimum absolute atomic E-state index is 0.0217. The molecule has 1 heterocycles. The van der Waals surface area contributed by atoms with Crippen LogP contribution in [0.15, 0.2) is 36.4 Å². The van der Waals surface area contributed by atoms with Gasteiger partial charge in [0.1, 0.15) is 5.82 Å². The Morgan fingerprint density at radius 2 is 1.38 bits per heavy atom. The van der Waals surface area contributed by atoms with E-state index in [1.807, 2.05) is 24.3 Å². The van der Waals surface area contributed by atoms with Gasteiger partial charge in [0, 0.05) is 44.8 Å². The van der Waals surface area contributed by atoms with Gasteiger partial charge >= 0.3 is 11.9 Å². The van der Waals surface area contributed by atoms with Crippen LogP contribution in [0.3, 0.4) is 0 Å². The van der Waals surface area contributed by atoms with Crippen LogP contribution in [0.2, 0.25) is 0 Å². The van der Waals surface area contributed by atoms with E-state index in [9.17, 15) is 9.50 Å². The van der Waals surface area contributed by atoms with Crippen molar-refractivity contribution < 1.29 is 38.8 Å². The van der Waals surface area contributed by atoms with E-state index in [4.69, 9.17) is 29.3 Å². The molecule has 0 aromatic heterocycles. The van der Waals surface area contributed by atoms with Crippen LogP contribution in [0.1, 0.15) is 11.1 Å². The lowest BCUT2D eigenvalue weighted by molar-refractivity contribution is -0.159. The predicted molar refractivity (Wildman–Crippen MR) is 113 cm³/mol. The summed E-state index contributed by atoms with van der Waals surface area (Å²) in [4.78, 5) is 22.8. The quantitative estimate of drug-likeness (QED) is 0.568. The first-order valence-electron chi connectivity index (χ1n) is 9.83. The Labute approximate surface area is 185 Å². The SMILES string of the molecule is COc1cc(CN2CCN(Cc3ccccc3F)CC2)cc(OC)c1O.O=C(O)C(=O)O. The van der Waals surface area contributed by atoms with Gasteiger partial charge in [0.25, 0.3) is 0 Å². The summed E-state index contributed by atoms with van der Waals surface area (Å²) in [6.45, 7) is 4.98. The molecule has 3 N–H and O–H groups in total. The van der Waals surface area contributed by atoms with Crippen LogP contribution in [-0.4, -0.2) is 77.5 Å². The normalized spacial score (nSPS) is 14.2. The molecule has 1 saturated heterocycles. The molecule has 0 radical (unpaired) electrons. The van der Waals surface area contributed by atoms with Gasteiger partial charge in [-0.15, -0.1) is 0 Å². The number of phenolic OH excluding ortho intramolecular Hbond substituents is 1. The number of rotatable bonds is 6. The van der Waals surface area contributed by atoms with Crippen LogP contribution in [0.25, 0.3) is 0 Å². The molecular formula is C22H27FN2O7. The summed E-state index contributed by atoms with van der Waals surface area (Å²) in [5, 5.41) is 24.8. The number of carboxylic acids is 2. The second kappa shape index (κ2) is 11.9. The van der Waals surface area contributed by atoms with Crippen molar-refractivity contribution in [2.75, 3.05) is 40.4 Å². The van der Waals surface area contributed by atoms with Crippen molar-refractivity contribution in [1.82, 2.24) is 9.80 Å². The van der Waals surface area contributed by atoms with Crippen LogP contribution in [-0.2, 0) is 22.7 Å². The molecule has 0 unspecified atom stereocenters. The second-order valence-corrected chi connectivity index (χ2v) is 7.10.